The highest BCUT2D eigenvalue weighted by atomic mass is 16.5. The van der Waals surface area contributed by atoms with Crippen molar-refractivity contribution in [2.45, 2.75) is 26.0 Å². The lowest BCUT2D eigenvalue weighted by Gasteiger charge is -2.32. The Morgan fingerprint density at radius 3 is 3.24 bits per heavy atom. The monoisotopic (exact) mass is 235 g/mol. The molecule has 1 unspecified atom stereocenters. The van der Waals surface area contributed by atoms with Crippen LogP contribution >= 0.6 is 0 Å². The van der Waals surface area contributed by atoms with Crippen molar-refractivity contribution in [3.8, 4) is 0 Å². The van der Waals surface area contributed by atoms with Crippen LogP contribution < -0.4 is 5.32 Å². The summed E-state index contributed by atoms with van der Waals surface area (Å²) in [5.41, 5.74) is 1.31. The van der Waals surface area contributed by atoms with Gasteiger partial charge >= 0.3 is 0 Å². The second-order valence-corrected chi connectivity index (χ2v) is 4.44. The van der Waals surface area contributed by atoms with Gasteiger partial charge in [-0.05, 0) is 24.1 Å². The van der Waals surface area contributed by atoms with E-state index < -0.39 is 0 Å². The third kappa shape index (κ3) is 3.41. The average Bonchev–Trinajstić information content (AvgIpc) is 2.39. The third-order valence-corrected chi connectivity index (χ3v) is 3.16. The Morgan fingerprint density at radius 2 is 2.47 bits per heavy atom. The van der Waals surface area contributed by atoms with E-state index in [1.165, 1.54) is 5.56 Å². The number of nitrogens with zero attached hydrogens (tertiary/aromatic N) is 2. The number of rotatable bonds is 4. The number of hydrogen-bond acceptors (Lipinski definition) is 4. The molecule has 2 heterocycles. The Bertz CT molecular complexity index is 356. The lowest BCUT2D eigenvalue weighted by Crippen LogP contribution is -2.41. The van der Waals surface area contributed by atoms with E-state index >= 15 is 0 Å². The average molecular weight is 235 g/mol. The Morgan fingerprint density at radius 1 is 1.59 bits per heavy atom. The van der Waals surface area contributed by atoms with Crippen molar-refractivity contribution in [3.05, 3.63) is 23.9 Å². The first-order valence-electron chi connectivity index (χ1n) is 6.28. The van der Waals surface area contributed by atoms with Crippen LogP contribution in [-0.2, 0) is 11.3 Å². The van der Waals surface area contributed by atoms with E-state index in [1.807, 2.05) is 13.2 Å². The zero-order valence-corrected chi connectivity index (χ0v) is 10.6. The molecule has 0 aliphatic carbocycles. The number of morpholine rings is 1. The summed E-state index contributed by atoms with van der Waals surface area (Å²) < 4.78 is 5.67. The van der Waals surface area contributed by atoms with Gasteiger partial charge in [0.25, 0.3) is 0 Å². The molecule has 2 rings (SSSR count). The van der Waals surface area contributed by atoms with Crippen molar-refractivity contribution >= 4 is 5.82 Å². The van der Waals surface area contributed by atoms with Crippen molar-refractivity contribution in [1.82, 2.24) is 9.88 Å². The molecule has 0 spiro atoms. The summed E-state index contributed by atoms with van der Waals surface area (Å²) >= 11 is 0. The standard InChI is InChI=1S/C13H21N3O/c1-3-12-10-16(6-7-17-12)9-11-4-5-15-13(8-11)14-2/h4-5,8,12H,3,6-7,9-10H2,1-2H3,(H,14,15). The van der Waals surface area contributed by atoms with Crippen molar-refractivity contribution in [2.75, 3.05) is 32.1 Å². The van der Waals surface area contributed by atoms with Crippen LogP contribution in [0.15, 0.2) is 18.3 Å². The second-order valence-electron chi connectivity index (χ2n) is 4.44. The van der Waals surface area contributed by atoms with E-state index in [4.69, 9.17) is 4.74 Å². The second kappa shape index (κ2) is 5.98. The minimum atomic E-state index is 0.398. The Hall–Kier alpha value is -1.13. The van der Waals surface area contributed by atoms with E-state index in [0.717, 1.165) is 38.5 Å². The Labute approximate surface area is 103 Å². The third-order valence-electron chi connectivity index (χ3n) is 3.16. The van der Waals surface area contributed by atoms with Gasteiger partial charge in [-0.1, -0.05) is 6.92 Å². The summed E-state index contributed by atoms with van der Waals surface area (Å²) in [5.74, 6) is 0.933. The molecule has 4 heteroatoms. The van der Waals surface area contributed by atoms with Gasteiger partial charge in [0.1, 0.15) is 5.82 Å². The normalized spacial score (nSPS) is 21.4. The maximum Gasteiger partial charge on any atom is 0.125 e. The fraction of sp³-hybridized carbons (Fsp3) is 0.615. The van der Waals surface area contributed by atoms with Crippen molar-refractivity contribution in [2.24, 2.45) is 0 Å². The van der Waals surface area contributed by atoms with Crippen molar-refractivity contribution in [1.29, 1.82) is 0 Å². The number of hydrogen-bond donors (Lipinski definition) is 1. The fourth-order valence-electron chi connectivity index (χ4n) is 2.14. The molecule has 17 heavy (non-hydrogen) atoms. The minimum absolute atomic E-state index is 0.398. The lowest BCUT2D eigenvalue weighted by molar-refractivity contribution is -0.0324. The highest BCUT2D eigenvalue weighted by Gasteiger charge is 2.18. The van der Waals surface area contributed by atoms with Gasteiger partial charge in [-0.2, -0.15) is 0 Å². The van der Waals surface area contributed by atoms with Crippen LogP contribution in [0.4, 0.5) is 5.82 Å². The number of nitrogens with one attached hydrogen (secondary N) is 1. The SMILES string of the molecule is CCC1CN(Cc2ccnc(NC)c2)CCO1. The van der Waals surface area contributed by atoms with E-state index in [2.05, 4.69) is 34.3 Å². The van der Waals surface area contributed by atoms with Gasteiger partial charge in [0.05, 0.1) is 12.7 Å². The summed E-state index contributed by atoms with van der Waals surface area (Å²) in [6, 6.07) is 4.19. The predicted molar refractivity (Wildman–Crippen MR) is 69.1 cm³/mol. The largest absolute Gasteiger partial charge is 0.376 e. The maximum absolute atomic E-state index is 5.67. The molecule has 0 aromatic carbocycles. The molecule has 0 saturated carbocycles. The molecule has 1 atom stereocenters. The zero-order valence-electron chi connectivity index (χ0n) is 10.6. The van der Waals surface area contributed by atoms with Gasteiger partial charge in [0, 0.05) is 32.9 Å². The first-order chi connectivity index (χ1) is 8.31. The molecule has 1 aliphatic rings. The van der Waals surface area contributed by atoms with Crippen LogP contribution in [0, 0.1) is 0 Å². The molecule has 1 aliphatic heterocycles. The number of ether oxygens (including phenoxy) is 1. The van der Waals surface area contributed by atoms with Crippen LogP contribution in [-0.4, -0.2) is 42.7 Å². The molecular weight excluding hydrogens is 214 g/mol. The summed E-state index contributed by atoms with van der Waals surface area (Å²) in [5, 5.41) is 3.07. The first kappa shape index (κ1) is 12.3. The summed E-state index contributed by atoms with van der Waals surface area (Å²) in [6.07, 6.45) is 3.35. The Balaban J connectivity index is 1.95. The van der Waals surface area contributed by atoms with Gasteiger partial charge < -0.3 is 10.1 Å². The Kier molecular flexibility index (Phi) is 4.34. The quantitative estimate of drug-likeness (QED) is 0.862. The van der Waals surface area contributed by atoms with Gasteiger partial charge in [-0.25, -0.2) is 4.98 Å². The smallest absolute Gasteiger partial charge is 0.125 e. The number of pyridine rings is 1. The van der Waals surface area contributed by atoms with Gasteiger partial charge in [0.2, 0.25) is 0 Å². The zero-order chi connectivity index (χ0) is 12.1. The van der Waals surface area contributed by atoms with Crippen molar-refractivity contribution < 1.29 is 4.74 Å². The van der Waals surface area contributed by atoms with Crippen LogP contribution in [0.1, 0.15) is 18.9 Å². The summed E-state index contributed by atoms with van der Waals surface area (Å²) in [6.45, 7) is 6.07. The molecule has 94 valence electrons. The lowest BCUT2D eigenvalue weighted by atomic mass is 10.2. The molecule has 1 fully saturated rings. The first-order valence-corrected chi connectivity index (χ1v) is 6.28. The van der Waals surface area contributed by atoms with Crippen LogP contribution in [0.3, 0.4) is 0 Å². The molecule has 0 bridgehead atoms. The molecule has 1 aromatic rings. The molecule has 1 aromatic heterocycles. The highest BCUT2D eigenvalue weighted by Crippen LogP contribution is 2.13. The molecule has 0 radical (unpaired) electrons. The topological polar surface area (TPSA) is 37.4 Å². The molecular formula is C13H21N3O. The van der Waals surface area contributed by atoms with Crippen LogP contribution in [0.25, 0.3) is 0 Å². The molecule has 1 saturated heterocycles. The fourth-order valence-corrected chi connectivity index (χ4v) is 2.14. The van der Waals surface area contributed by atoms with Gasteiger partial charge in [-0.3, -0.25) is 4.90 Å². The van der Waals surface area contributed by atoms with E-state index in [9.17, 15) is 0 Å². The van der Waals surface area contributed by atoms with Gasteiger partial charge in [0.15, 0.2) is 0 Å². The predicted octanol–water partition coefficient (Wildman–Crippen LogP) is 1.73. The van der Waals surface area contributed by atoms with Crippen LogP contribution in [0.2, 0.25) is 0 Å². The van der Waals surface area contributed by atoms with Crippen molar-refractivity contribution in [3.63, 3.8) is 0 Å². The minimum Gasteiger partial charge on any atom is -0.376 e. The van der Waals surface area contributed by atoms with Crippen LogP contribution in [0.5, 0.6) is 0 Å². The number of aromatic nitrogens is 1. The summed E-state index contributed by atoms with van der Waals surface area (Å²) in [7, 11) is 1.90. The number of anilines is 1. The molecule has 4 nitrogen and oxygen atoms in total. The summed E-state index contributed by atoms with van der Waals surface area (Å²) in [4.78, 5) is 6.68. The molecule has 1 N–H and O–H groups in total. The van der Waals surface area contributed by atoms with E-state index in [0.29, 0.717) is 6.10 Å². The van der Waals surface area contributed by atoms with E-state index in [1.54, 1.807) is 0 Å². The van der Waals surface area contributed by atoms with Gasteiger partial charge in [-0.15, -0.1) is 0 Å². The maximum atomic E-state index is 5.67. The van der Waals surface area contributed by atoms with E-state index in [-0.39, 0.29) is 0 Å². The molecule has 0 amide bonds. The highest BCUT2D eigenvalue weighted by molar-refractivity contribution is 5.36.